The van der Waals surface area contributed by atoms with Crippen molar-refractivity contribution in [1.82, 2.24) is 0 Å². The lowest BCUT2D eigenvalue weighted by Gasteiger charge is -2.19. The first kappa shape index (κ1) is 10.4. The maximum atomic E-state index is 10.4. The summed E-state index contributed by atoms with van der Waals surface area (Å²) in [5.74, 6) is -4.65. The minimum absolute atomic E-state index is 0.687. The summed E-state index contributed by atoms with van der Waals surface area (Å²) in [5.41, 5.74) is 0. The van der Waals surface area contributed by atoms with Crippen molar-refractivity contribution in [3.05, 3.63) is 0 Å². The van der Waals surface area contributed by atoms with E-state index in [1.54, 1.807) is 0 Å². The van der Waals surface area contributed by atoms with Crippen LogP contribution in [0.25, 0.3) is 0 Å². The molecule has 5 N–H and O–H groups in total. The summed E-state index contributed by atoms with van der Waals surface area (Å²) in [4.78, 5) is 10.4. The van der Waals surface area contributed by atoms with Gasteiger partial charge in [0.15, 0.2) is 0 Å². The fraction of sp³-hybridized carbons (Fsp3) is 0.833. The van der Waals surface area contributed by atoms with Crippen LogP contribution in [-0.4, -0.2) is 62.2 Å². The molecule has 1 aliphatic rings. The zero-order chi connectivity index (χ0) is 10.2. The van der Waals surface area contributed by atoms with Gasteiger partial charge in [-0.25, -0.2) is 4.79 Å². The summed E-state index contributed by atoms with van der Waals surface area (Å²) < 4.78 is 4.39. The van der Waals surface area contributed by atoms with Gasteiger partial charge < -0.3 is 30.3 Å². The Labute approximate surface area is 72.8 Å². The van der Waals surface area contributed by atoms with Crippen molar-refractivity contribution in [1.29, 1.82) is 0 Å². The second-order valence-corrected chi connectivity index (χ2v) is 2.78. The van der Waals surface area contributed by atoms with E-state index in [-0.39, 0.29) is 0 Å². The van der Waals surface area contributed by atoms with Crippen molar-refractivity contribution in [2.75, 3.05) is 6.61 Å². The molecule has 1 heterocycles. The lowest BCUT2D eigenvalue weighted by Crippen LogP contribution is -2.49. The van der Waals surface area contributed by atoms with E-state index < -0.39 is 36.7 Å². The highest BCUT2D eigenvalue weighted by molar-refractivity contribution is 5.76. The lowest BCUT2D eigenvalue weighted by atomic mass is 10.1. The SMILES string of the molecule is O=C(O)[C@]1(O)O[C@H](CO)[C@@H](O)[C@H]1O. The summed E-state index contributed by atoms with van der Waals surface area (Å²) in [6.07, 6.45) is -4.88. The molecular weight excluding hydrogens is 184 g/mol. The average Bonchev–Trinajstić information content (AvgIpc) is 2.31. The van der Waals surface area contributed by atoms with E-state index in [1.165, 1.54) is 0 Å². The number of hydrogen-bond donors (Lipinski definition) is 5. The van der Waals surface area contributed by atoms with E-state index in [2.05, 4.69) is 4.74 Å². The van der Waals surface area contributed by atoms with E-state index in [1.807, 2.05) is 0 Å². The highest BCUT2D eigenvalue weighted by Gasteiger charge is 2.58. The summed E-state index contributed by atoms with van der Waals surface area (Å²) >= 11 is 0. The van der Waals surface area contributed by atoms with Gasteiger partial charge in [-0.3, -0.25) is 0 Å². The largest absolute Gasteiger partial charge is 0.477 e. The number of hydrogen-bond acceptors (Lipinski definition) is 6. The molecule has 1 fully saturated rings. The molecule has 1 rings (SSSR count). The number of carbonyl (C=O) groups is 1. The Kier molecular flexibility index (Phi) is 2.55. The standard InChI is InChI=1S/C6H10O7/c7-1-2-3(8)4(9)6(12,13-2)5(10)11/h2-4,7-9,12H,1H2,(H,10,11)/t2-,3-,4-,6-/m1/s1. The monoisotopic (exact) mass is 194 g/mol. The summed E-state index contributed by atoms with van der Waals surface area (Å²) in [5, 5.41) is 44.3. The third-order valence-corrected chi connectivity index (χ3v) is 1.92. The Morgan fingerprint density at radius 2 is 2.00 bits per heavy atom. The topological polar surface area (TPSA) is 127 Å². The fourth-order valence-electron chi connectivity index (χ4n) is 1.13. The van der Waals surface area contributed by atoms with Gasteiger partial charge in [0.25, 0.3) is 5.79 Å². The number of ether oxygens (including phenoxy) is 1. The second kappa shape index (κ2) is 3.20. The van der Waals surface area contributed by atoms with Gasteiger partial charge in [0, 0.05) is 0 Å². The molecule has 0 aromatic carbocycles. The smallest absolute Gasteiger partial charge is 0.367 e. The normalized spacial score (nSPS) is 45.1. The molecule has 0 aromatic heterocycles. The molecule has 0 radical (unpaired) electrons. The van der Waals surface area contributed by atoms with Crippen LogP contribution in [0.2, 0.25) is 0 Å². The molecule has 0 bridgehead atoms. The molecule has 13 heavy (non-hydrogen) atoms. The molecule has 0 amide bonds. The van der Waals surface area contributed by atoms with Crippen LogP contribution < -0.4 is 0 Å². The first-order chi connectivity index (χ1) is 5.93. The minimum Gasteiger partial charge on any atom is -0.477 e. The van der Waals surface area contributed by atoms with Gasteiger partial charge in [0.1, 0.15) is 18.3 Å². The molecular formula is C6H10O7. The Morgan fingerprint density at radius 3 is 2.23 bits per heavy atom. The maximum Gasteiger partial charge on any atom is 0.367 e. The lowest BCUT2D eigenvalue weighted by molar-refractivity contribution is -0.239. The Hall–Kier alpha value is -0.730. The van der Waals surface area contributed by atoms with Crippen LogP contribution in [0.1, 0.15) is 0 Å². The van der Waals surface area contributed by atoms with Crippen molar-refractivity contribution in [3.8, 4) is 0 Å². The molecule has 1 saturated heterocycles. The molecule has 7 heteroatoms. The van der Waals surface area contributed by atoms with Crippen LogP contribution in [0, 0.1) is 0 Å². The molecule has 76 valence electrons. The van der Waals surface area contributed by atoms with Gasteiger partial charge in [-0.15, -0.1) is 0 Å². The molecule has 0 unspecified atom stereocenters. The van der Waals surface area contributed by atoms with Crippen molar-refractivity contribution in [2.24, 2.45) is 0 Å². The van der Waals surface area contributed by atoms with Gasteiger partial charge in [0.2, 0.25) is 0 Å². The Bertz CT molecular complexity index is 217. The highest BCUT2D eigenvalue weighted by atomic mass is 16.7. The molecule has 0 saturated carbocycles. The predicted molar refractivity (Wildman–Crippen MR) is 36.6 cm³/mol. The number of aliphatic carboxylic acids is 1. The Morgan fingerprint density at radius 1 is 1.46 bits per heavy atom. The van der Waals surface area contributed by atoms with Gasteiger partial charge in [-0.05, 0) is 0 Å². The third kappa shape index (κ3) is 1.40. The van der Waals surface area contributed by atoms with Crippen molar-refractivity contribution < 1.29 is 35.1 Å². The third-order valence-electron chi connectivity index (χ3n) is 1.92. The number of rotatable bonds is 2. The molecule has 0 aliphatic carbocycles. The predicted octanol–water partition coefficient (Wildman–Crippen LogP) is -3.13. The summed E-state index contributed by atoms with van der Waals surface area (Å²) in [7, 11) is 0. The highest BCUT2D eigenvalue weighted by Crippen LogP contribution is 2.29. The van der Waals surface area contributed by atoms with Crippen molar-refractivity contribution in [2.45, 2.75) is 24.1 Å². The van der Waals surface area contributed by atoms with E-state index in [0.717, 1.165) is 0 Å². The fourth-order valence-corrected chi connectivity index (χ4v) is 1.13. The number of aliphatic hydroxyl groups excluding tert-OH is 3. The van der Waals surface area contributed by atoms with Gasteiger partial charge >= 0.3 is 5.97 Å². The van der Waals surface area contributed by atoms with Crippen molar-refractivity contribution in [3.63, 3.8) is 0 Å². The van der Waals surface area contributed by atoms with Gasteiger partial charge in [-0.2, -0.15) is 0 Å². The quantitative estimate of drug-likeness (QED) is 0.314. The van der Waals surface area contributed by atoms with Crippen LogP contribution in [0.5, 0.6) is 0 Å². The van der Waals surface area contributed by atoms with Crippen LogP contribution in [0.4, 0.5) is 0 Å². The van der Waals surface area contributed by atoms with Crippen LogP contribution in [0.3, 0.4) is 0 Å². The summed E-state index contributed by atoms with van der Waals surface area (Å²) in [6, 6.07) is 0. The van der Waals surface area contributed by atoms with E-state index >= 15 is 0 Å². The zero-order valence-electron chi connectivity index (χ0n) is 6.49. The minimum atomic E-state index is -2.84. The molecule has 0 spiro atoms. The summed E-state index contributed by atoms with van der Waals surface area (Å²) in [6.45, 7) is -0.687. The molecule has 7 nitrogen and oxygen atoms in total. The van der Waals surface area contributed by atoms with E-state index in [0.29, 0.717) is 0 Å². The maximum absolute atomic E-state index is 10.4. The van der Waals surface area contributed by atoms with Crippen LogP contribution >= 0.6 is 0 Å². The van der Waals surface area contributed by atoms with Gasteiger partial charge in [0.05, 0.1) is 6.61 Å². The van der Waals surface area contributed by atoms with Crippen molar-refractivity contribution >= 4 is 5.97 Å². The van der Waals surface area contributed by atoms with E-state index in [9.17, 15) is 4.79 Å². The van der Waals surface area contributed by atoms with Gasteiger partial charge in [-0.1, -0.05) is 0 Å². The second-order valence-electron chi connectivity index (χ2n) is 2.78. The van der Waals surface area contributed by atoms with E-state index in [4.69, 9.17) is 25.5 Å². The first-order valence-corrected chi connectivity index (χ1v) is 3.54. The number of aliphatic hydroxyl groups is 4. The number of carboxylic acid groups (broad SMARTS) is 1. The van der Waals surface area contributed by atoms with Crippen LogP contribution in [-0.2, 0) is 9.53 Å². The molecule has 1 aliphatic heterocycles. The Balaban J connectivity index is 2.87. The zero-order valence-corrected chi connectivity index (χ0v) is 6.49. The molecule has 4 atom stereocenters. The van der Waals surface area contributed by atoms with Crippen LogP contribution in [0.15, 0.2) is 0 Å². The molecule has 0 aromatic rings. The number of carboxylic acids is 1. The average molecular weight is 194 g/mol. The first-order valence-electron chi connectivity index (χ1n) is 3.54.